The molecular formula is C20H21BrO5. The molecule has 5 nitrogen and oxygen atoms in total. The lowest BCUT2D eigenvalue weighted by Gasteiger charge is -2.09. The summed E-state index contributed by atoms with van der Waals surface area (Å²) in [7, 11) is 4.76. The van der Waals surface area contributed by atoms with Crippen molar-refractivity contribution in [1.29, 1.82) is 0 Å². The maximum absolute atomic E-state index is 12.4. The standard InChI is InChI=1S/C20H21BrO5/c1-23-10-11-26-16-7-4-14(5-8-16)18(22)9-6-15-12-19(24-2)20(25-3)13-17(15)21/h4-9,12-13H,10-11H2,1-3H3/b9-6+. The Balaban J connectivity index is 2.09. The SMILES string of the molecule is COCCOc1ccc(C(=O)/C=C/c2cc(OC)c(OC)cc2Br)cc1. The van der Waals surface area contributed by atoms with Crippen LogP contribution in [0.15, 0.2) is 46.9 Å². The summed E-state index contributed by atoms with van der Waals surface area (Å²) >= 11 is 3.47. The molecule has 0 radical (unpaired) electrons. The third kappa shape index (κ3) is 5.34. The lowest BCUT2D eigenvalue weighted by atomic mass is 10.1. The van der Waals surface area contributed by atoms with Gasteiger partial charge in [0.25, 0.3) is 0 Å². The maximum Gasteiger partial charge on any atom is 0.185 e. The lowest BCUT2D eigenvalue weighted by Crippen LogP contribution is -2.04. The number of rotatable bonds is 9. The molecule has 0 amide bonds. The molecule has 0 unspecified atom stereocenters. The van der Waals surface area contributed by atoms with Gasteiger partial charge in [-0.15, -0.1) is 0 Å². The number of hydrogen-bond donors (Lipinski definition) is 0. The lowest BCUT2D eigenvalue weighted by molar-refractivity contribution is 0.104. The number of benzene rings is 2. The third-order valence-corrected chi connectivity index (χ3v) is 4.30. The Bertz CT molecular complexity index is 769. The smallest absolute Gasteiger partial charge is 0.185 e. The largest absolute Gasteiger partial charge is 0.493 e. The van der Waals surface area contributed by atoms with E-state index in [0.717, 1.165) is 10.0 Å². The van der Waals surface area contributed by atoms with Crippen LogP contribution in [0.3, 0.4) is 0 Å². The molecule has 0 aromatic heterocycles. The highest BCUT2D eigenvalue weighted by atomic mass is 79.9. The normalized spacial score (nSPS) is 10.8. The Labute approximate surface area is 161 Å². The predicted octanol–water partition coefficient (Wildman–Crippen LogP) is 4.39. The Hall–Kier alpha value is -2.31. The second-order valence-electron chi connectivity index (χ2n) is 5.29. The molecule has 26 heavy (non-hydrogen) atoms. The summed E-state index contributed by atoms with van der Waals surface area (Å²) in [5, 5.41) is 0. The van der Waals surface area contributed by atoms with E-state index in [1.54, 1.807) is 63.8 Å². The molecule has 0 aliphatic rings. The summed E-state index contributed by atoms with van der Waals surface area (Å²) in [6, 6.07) is 10.6. The van der Waals surface area contributed by atoms with Gasteiger partial charge in [0.15, 0.2) is 17.3 Å². The zero-order valence-corrected chi connectivity index (χ0v) is 16.5. The monoisotopic (exact) mass is 420 g/mol. The number of hydrogen-bond acceptors (Lipinski definition) is 5. The van der Waals surface area contributed by atoms with Crippen molar-refractivity contribution >= 4 is 27.8 Å². The molecule has 0 heterocycles. The van der Waals surface area contributed by atoms with E-state index < -0.39 is 0 Å². The van der Waals surface area contributed by atoms with Gasteiger partial charge >= 0.3 is 0 Å². The average molecular weight is 421 g/mol. The number of carbonyl (C=O) groups is 1. The fraction of sp³-hybridized carbons (Fsp3) is 0.250. The van der Waals surface area contributed by atoms with E-state index in [1.165, 1.54) is 6.08 Å². The minimum atomic E-state index is -0.102. The minimum Gasteiger partial charge on any atom is -0.493 e. The van der Waals surface area contributed by atoms with Crippen LogP contribution in [-0.2, 0) is 4.74 Å². The van der Waals surface area contributed by atoms with E-state index in [4.69, 9.17) is 18.9 Å². The van der Waals surface area contributed by atoms with Gasteiger partial charge in [0.1, 0.15) is 12.4 Å². The van der Waals surface area contributed by atoms with Crippen molar-refractivity contribution in [2.75, 3.05) is 34.5 Å². The molecule has 138 valence electrons. The highest BCUT2D eigenvalue weighted by Crippen LogP contribution is 2.33. The van der Waals surface area contributed by atoms with E-state index >= 15 is 0 Å². The van der Waals surface area contributed by atoms with Gasteiger partial charge in [-0.1, -0.05) is 15.9 Å². The van der Waals surface area contributed by atoms with Crippen LogP contribution in [-0.4, -0.2) is 40.3 Å². The molecule has 0 N–H and O–H groups in total. The summed E-state index contributed by atoms with van der Waals surface area (Å²) in [6.45, 7) is 0.987. The number of carbonyl (C=O) groups excluding carboxylic acids is 1. The first kappa shape index (κ1) is 20.0. The van der Waals surface area contributed by atoms with Gasteiger partial charge in [0, 0.05) is 17.1 Å². The van der Waals surface area contributed by atoms with Gasteiger partial charge < -0.3 is 18.9 Å². The van der Waals surface area contributed by atoms with Gasteiger partial charge in [-0.25, -0.2) is 0 Å². The van der Waals surface area contributed by atoms with Crippen LogP contribution in [0.4, 0.5) is 0 Å². The third-order valence-electron chi connectivity index (χ3n) is 3.61. The molecule has 0 fully saturated rings. The molecule has 2 aromatic rings. The van der Waals surface area contributed by atoms with Gasteiger partial charge in [0.2, 0.25) is 0 Å². The van der Waals surface area contributed by atoms with Crippen molar-refractivity contribution in [2.24, 2.45) is 0 Å². The van der Waals surface area contributed by atoms with Crippen molar-refractivity contribution in [3.05, 3.63) is 58.1 Å². The quantitative estimate of drug-likeness (QED) is 0.342. The maximum atomic E-state index is 12.4. The summed E-state index contributed by atoms with van der Waals surface area (Å²) in [4.78, 5) is 12.4. The Morgan fingerprint density at radius 1 is 1.00 bits per heavy atom. The minimum absolute atomic E-state index is 0.102. The summed E-state index contributed by atoms with van der Waals surface area (Å²) < 4.78 is 21.8. The van der Waals surface area contributed by atoms with Crippen LogP contribution in [0.5, 0.6) is 17.2 Å². The van der Waals surface area contributed by atoms with Crippen molar-refractivity contribution in [3.8, 4) is 17.2 Å². The number of ether oxygens (including phenoxy) is 4. The van der Waals surface area contributed by atoms with E-state index in [9.17, 15) is 4.79 Å². The molecule has 0 saturated heterocycles. The van der Waals surface area contributed by atoms with Crippen LogP contribution in [0.25, 0.3) is 6.08 Å². The Kier molecular flexibility index (Phi) is 7.69. The molecule has 0 atom stereocenters. The average Bonchev–Trinajstić information content (AvgIpc) is 2.67. The van der Waals surface area contributed by atoms with Crippen molar-refractivity contribution in [2.45, 2.75) is 0 Å². The molecule has 6 heteroatoms. The highest BCUT2D eigenvalue weighted by Gasteiger charge is 2.09. The Morgan fingerprint density at radius 2 is 1.65 bits per heavy atom. The predicted molar refractivity (Wildman–Crippen MR) is 104 cm³/mol. The molecule has 0 spiro atoms. The van der Waals surface area contributed by atoms with Crippen LogP contribution in [0.2, 0.25) is 0 Å². The molecular weight excluding hydrogens is 400 g/mol. The highest BCUT2D eigenvalue weighted by molar-refractivity contribution is 9.10. The van der Waals surface area contributed by atoms with Gasteiger partial charge in [-0.3, -0.25) is 4.79 Å². The van der Waals surface area contributed by atoms with Crippen molar-refractivity contribution in [1.82, 2.24) is 0 Å². The fourth-order valence-corrected chi connectivity index (χ4v) is 2.67. The van der Waals surface area contributed by atoms with Crippen molar-refractivity contribution in [3.63, 3.8) is 0 Å². The molecule has 2 aromatic carbocycles. The molecule has 2 rings (SSSR count). The zero-order valence-electron chi connectivity index (χ0n) is 15.0. The molecule has 0 aliphatic heterocycles. The molecule has 0 aliphatic carbocycles. The van der Waals surface area contributed by atoms with Gasteiger partial charge in [-0.05, 0) is 54.1 Å². The first-order valence-corrected chi connectivity index (χ1v) is 8.74. The topological polar surface area (TPSA) is 54.0 Å². The number of allylic oxidation sites excluding steroid dienone is 1. The van der Waals surface area contributed by atoms with Gasteiger partial charge in [-0.2, -0.15) is 0 Å². The van der Waals surface area contributed by atoms with Crippen LogP contribution >= 0.6 is 15.9 Å². The number of ketones is 1. The van der Waals surface area contributed by atoms with E-state index in [-0.39, 0.29) is 5.78 Å². The van der Waals surface area contributed by atoms with Crippen LogP contribution in [0.1, 0.15) is 15.9 Å². The van der Waals surface area contributed by atoms with Crippen molar-refractivity contribution < 1.29 is 23.7 Å². The molecule has 0 saturated carbocycles. The van der Waals surface area contributed by atoms with Crippen LogP contribution in [0, 0.1) is 0 Å². The second-order valence-corrected chi connectivity index (χ2v) is 6.15. The van der Waals surface area contributed by atoms with E-state index in [2.05, 4.69) is 15.9 Å². The van der Waals surface area contributed by atoms with E-state index in [1.807, 2.05) is 0 Å². The zero-order chi connectivity index (χ0) is 18.9. The molecule has 0 bridgehead atoms. The first-order chi connectivity index (χ1) is 12.6. The summed E-state index contributed by atoms with van der Waals surface area (Å²) in [6.07, 6.45) is 3.25. The number of methoxy groups -OCH3 is 3. The first-order valence-electron chi connectivity index (χ1n) is 7.94. The fourth-order valence-electron chi connectivity index (χ4n) is 2.22. The summed E-state index contributed by atoms with van der Waals surface area (Å²) in [5.74, 6) is 1.81. The van der Waals surface area contributed by atoms with E-state index in [0.29, 0.717) is 36.0 Å². The number of halogens is 1. The van der Waals surface area contributed by atoms with Gasteiger partial charge in [0.05, 0.1) is 20.8 Å². The van der Waals surface area contributed by atoms with Crippen LogP contribution < -0.4 is 14.2 Å². The Morgan fingerprint density at radius 3 is 2.27 bits per heavy atom. The second kappa shape index (κ2) is 9.99. The summed E-state index contributed by atoms with van der Waals surface area (Å²) in [5.41, 5.74) is 1.40.